The summed E-state index contributed by atoms with van der Waals surface area (Å²) in [6.45, 7) is 4.95. The highest BCUT2D eigenvalue weighted by Gasteiger charge is 2.27. The van der Waals surface area contributed by atoms with Gasteiger partial charge in [-0.25, -0.2) is 12.8 Å². The molecule has 0 atom stereocenters. The van der Waals surface area contributed by atoms with E-state index in [-0.39, 0.29) is 29.0 Å². The second kappa shape index (κ2) is 7.20. The molecular weight excluding hydrogens is 319 g/mol. The van der Waals surface area contributed by atoms with Crippen molar-refractivity contribution in [3.63, 3.8) is 0 Å². The van der Waals surface area contributed by atoms with Crippen LogP contribution in [0.4, 0.5) is 4.39 Å². The molecule has 1 aromatic rings. The van der Waals surface area contributed by atoms with E-state index in [1.54, 1.807) is 20.8 Å². The number of benzene rings is 1. The summed E-state index contributed by atoms with van der Waals surface area (Å²) in [7, 11) is -3.96. The normalized spacial score (nSPS) is 12.0. The van der Waals surface area contributed by atoms with E-state index in [0.29, 0.717) is 0 Å². The fourth-order valence-corrected chi connectivity index (χ4v) is 3.63. The molecular formula is C13H18ClFN2O3S. The Kier molecular flexibility index (Phi) is 6.12. The summed E-state index contributed by atoms with van der Waals surface area (Å²) in [5.74, 6) is -1.03. The fraction of sp³-hybridized carbons (Fsp3) is 0.462. The van der Waals surface area contributed by atoms with Crippen LogP contribution >= 0.6 is 11.6 Å². The van der Waals surface area contributed by atoms with Gasteiger partial charge in [-0.05, 0) is 32.0 Å². The summed E-state index contributed by atoms with van der Waals surface area (Å²) >= 11 is 5.79. The van der Waals surface area contributed by atoms with E-state index in [1.165, 1.54) is 0 Å². The molecule has 5 nitrogen and oxygen atoms in total. The number of carbonyl (C=O) groups is 1. The van der Waals surface area contributed by atoms with Crippen LogP contribution in [0.3, 0.4) is 0 Å². The van der Waals surface area contributed by atoms with Crippen molar-refractivity contribution >= 4 is 27.5 Å². The Morgan fingerprint density at radius 2 is 2.05 bits per heavy atom. The first-order valence-corrected chi connectivity index (χ1v) is 8.24. The number of nitrogens with zero attached hydrogens (tertiary/aromatic N) is 1. The number of halogens is 2. The zero-order valence-corrected chi connectivity index (χ0v) is 13.6. The van der Waals surface area contributed by atoms with Gasteiger partial charge in [-0.1, -0.05) is 18.5 Å². The van der Waals surface area contributed by atoms with Crippen LogP contribution in [0.15, 0.2) is 23.1 Å². The number of hydrogen-bond donors (Lipinski definition) is 1. The van der Waals surface area contributed by atoms with Crippen LogP contribution < -0.4 is 5.32 Å². The Bertz CT molecular complexity index is 620. The van der Waals surface area contributed by atoms with E-state index >= 15 is 0 Å². The minimum Gasteiger partial charge on any atom is -0.353 e. The predicted molar refractivity (Wildman–Crippen MR) is 79.1 cm³/mol. The van der Waals surface area contributed by atoms with Gasteiger partial charge in [0.15, 0.2) is 0 Å². The van der Waals surface area contributed by atoms with Crippen LogP contribution in [-0.2, 0) is 14.8 Å². The van der Waals surface area contributed by atoms with Gasteiger partial charge in [-0.15, -0.1) is 0 Å². The van der Waals surface area contributed by atoms with E-state index < -0.39 is 21.7 Å². The van der Waals surface area contributed by atoms with Gasteiger partial charge >= 0.3 is 0 Å². The van der Waals surface area contributed by atoms with Gasteiger partial charge in [-0.3, -0.25) is 4.79 Å². The maximum absolute atomic E-state index is 13.0. The molecule has 0 saturated heterocycles. The molecule has 118 valence electrons. The van der Waals surface area contributed by atoms with Crippen molar-refractivity contribution < 1.29 is 17.6 Å². The monoisotopic (exact) mass is 336 g/mol. The minimum atomic E-state index is -3.96. The Labute approximate surface area is 129 Å². The van der Waals surface area contributed by atoms with Crippen molar-refractivity contribution in [2.75, 3.05) is 13.1 Å². The molecule has 21 heavy (non-hydrogen) atoms. The Balaban J connectivity index is 3.05. The molecule has 0 radical (unpaired) electrons. The Hall–Kier alpha value is -1.18. The van der Waals surface area contributed by atoms with E-state index in [4.69, 9.17) is 11.6 Å². The predicted octanol–water partition coefficient (Wildman–Crippen LogP) is 2.01. The summed E-state index contributed by atoms with van der Waals surface area (Å²) < 4.78 is 38.9. The average Bonchev–Trinajstić information content (AvgIpc) is 2.34. The van der Waals surface area contributed by atoms with Gasteiger partial charge in [0, 0.05) is 12.6 Å². The summed E-state index contributed by atoms with van der Waals surface area (Å²) in [4.78, 5) is 11.5. The third-order valence-corrected chi connectivity index (χ3v) is 5.04. The van der Waals surface area contributed by atoms with Crippen LogP contribution in [0, 0.1) is 5.82 Å². The van der Waals surface area contributed by atoms with Crippen LogP contribution in [0.2, 0.25) is 5.02 Å². The van der Waals surface area contributed by atoms with Gasteiger partial charge in [0.25, 0.3) is 0 Å². The van der Waals surface area contributed by atoms with Gasteiger partial charge in [0.05, 0.1) is 11.6 Å². The summed E-state index contributed by atoms with van der Waals surface area (Å²) in [6.07, 6.45) is 0. The molecule has 0 heterocycles. The molecule has 0 unspecified atom stereocenters. The maximum Gasteiger partial charge on any atom is 0.245 e. The number of carbonyl (C=O) groups excluding carboxylic acids is 1. The first kappa shape index (κ1) is 17.9. The molecule has 0 fully saturated rings. The number of amides is 1. The molecule has 0 saturated carbocycles. The standard InChI is InChI=1S/C13H18ClFN2O3S/c1-4-17(8-13(18)16-9(2)3)21(19,20)12-6-5-10(15)7-11(12)14/h5-7,9H,4,8H2,1-3H3,(H,16,18). The molecule has 1 N–H and O–H groups in total. The van der Waals surface area contributed by atoms with E-state index in [0.717, 1.165) is 22.5 Å². The van der Waals surface area contributed by atoms with Crippen LogP contribution in [0.1, 0.15) is 20.8 Å². The lowest BCUT2D eigenvalue weighted by atomic mass is 10.3. The molecule has 1 aromatic carbocycles. The first-order chi connectivity index (χ1) is 9.68. The average molecular weight is 337 g/mol. The highest BCUT2D eigenvalue weighted by Crippen LogP contribution is 2.25. The summed E-state index contributed by atoms with van der Waals surface area (Å²) in [6, 6.07) is 2.95. The summed E-state index contributed by atoms with van der Waals surface area (Å²) in [5.41, 5.74) is 0. The molecule has 0 aliphatic heterocycles. The lowest BCUT2D eigenvalue weighted by Gasteiger charge is -2.21. The third-order valence-electron chi connectivity index (χ3n) is 2.63. The van der Waals surface area contributed by atoms with Crippen molar-refractivity contribution in [1.29, 1.82) is 0 Å². The summed E-state index contributed by atoms with van der Waals surface area (Å²) in [5, 5.41) is 2.41. The van der Waals surface area contributed by atoms with Crippen LogP contribution in [0.25, 0.3) is 0 Å². The van der Waals surface area contributed by atoms with E-state index in [1.807, 2.05) is 0 Å². The minimum absolute atomic E-state index is 0.0895. The smallest absolute Gasteiger partial charge is 0.245 e. The lowest BCUT2D eigenvalue weighted by Crippen LogP contribution is -2.42. The first-order valence-electron chi connectivity index (χ1n) is 6.43. The van der Waals surface area contributed by atoms with Gasteiger partial charge in [-0.2, -0.15) is 4.31 Å². The van der Waals surface area contributed by atoms with Crippen molar-refractivity contribution in [2.24, 2.45) is 0 Å². The van der Waals surface area contributed by atoms with Crippen molar-refractivity contribution in [2.45, 2.75) is 31.7 Å². The molecule has 0 spiro atoms. The lowest BCUT2D eigenvalue weighted by molar-refractivity contribution is -0.121. The maximum atomic E-state index is 13.0. The molecule has 8 heteroatoms. The quantitative estimate of drug-likeness (QED) is 0.864. The second-order valence-corrected chi connectivity index (χ2v) is 7.04. The highest BCUT2D eigenvalue weighted by molar-refractivity contribution is 7.89. The second-order valence-electron chi connectivity index (χ2n) is 4.73. The number of sulfonamides is 1. The van der Waals surface area contributed by atoms with E-state index in [2.05, 4.69) is 5.32 Å². The highest BCUT2D eigenvalue weighted by atomic mass is 35.5. The molecule has 1 amide bonds. The van der Waals surface area contributed by atoms with Crippen molar-refractivity contribution in [1.82, 2.24) is 9.62 Å². The van der Waals surface area contributed by atoms with Gasteiger partial charge < -0.3 is 5.32 Å². The number of likely N-dealkylation sites (N-methyl/N-ethyl adjacent to an activating group) is 1. The number of hydrogen-bond acceptors (Lipinski definition) is 3. The molecule has 1 rings (SSSR count). The van der Waals surface area contributed by atoms with Gasteiger partial charge in [0.1, 0.15) is 10.7 Å². The zero-order chi connectivity index (χ0) is 16.2. The van der Waals surface area contributed by atoms with Crippen molar-refractivity contribution in [3.8, 4) is 0 Å². The molecule has 0 aromatic heterocycles. The Morgan fingerprint density at radius 1 is 1.43 bits per heavy atom. The largest absolute Gasteiger partial charge is 0.353 e. The third kappa shape index (κ3) is 4.66. The molecule has 0 bridgehead atoms. The van der Waals surface area contributed by atoms with Crippen molar-refractivity contribution in [3.05, 3.63) is 29.0 Å². The van der Waals surface area contributed by atoms with Crippen LogP contribution in [0.5, 0.6) is 0 Å². The molecule has 0 aliphatic rings. The fourth-order valence-electron chi connectivity index (χ4n) is 1.72. The van der Waals surface area contributed by atoms with Gasteiger partial charge in [0.2, 0.25) is 15.9 Å². The number of nitrogens with one attached hydrogen (secondary N) is 1. The SMILES string of the molecule is CCN(CC(=O)NC(C)C)S(=O)(=O)c1ccc(F)cc1Cl. The number of rotatable bonds is 6. The molecule has 0 aliphatic carbocycles. The zero-order valence-electron chi connectivity index (χ0n) is 12.1. The van der Waals surface area contributed by atoms with E-state index in [9.17, 15) is 17.6 Å². The van der Waals surface area contributed by atoms with Crippen LogP contribution in [-0.4, -0.2) is 37.8 Å². The topological polar surface area (TPSA) is 66.5 Å². The Morgan fingerprint density at radius 3 is 2.52 bits per heavy atom.